The molecule has 1 unspecified atom stereocenters. The highest BCUT2D eigenvalue weighted by molar-refractivity contribution is 5.71. The zero-order valence-corrected chi connectivity index (χ0v) is 19.0. The molecule has 0 aliphatic rings. The van der Waals surface area contributed by atoms with Crippen molar-refractivity contribution in [3.63, 3.8) is 0 Å². The number of carbonyl (C=O) groups is 2. The van der Waals surface area contributed by atoms with Crippen LogP contribution >= 0.6 is 0 Å². The molecule has 0 radical (unpaired) electrons. The number of aliphatic carboxylic acids is 2. The van der Waals surface area contributed by atoms with Gasteiger partial charge in [0.15, 0.2) is 0 Å². The van der Waals surface area contributed by atoms with Crippen LogP contribution in [0.2, 0.25) is 0 Å². The van der Waals surface area contributed by atoms with Gasteiger partial charge in [-0.1, -0.05) is 84.0 Å². The maximum atomic E-state index is 10.3. The van der Waals surface area contributed by atoms with Crippen molar-refractivity contribution < 1.29 is 40.2 Å². The molecule has 0 amide bonds. The third kappa shape index (κ3) is 37.5. The summed E-state index contributed by atoms with van der Waals surface area (Å²) in [6.45, 7) is 2.73. The number of aliphatic hydroxyl groups is 4. The van der Waals surface area contributed by atoms with Gasteiger partial charge in [0.05, 0.1) is 13.2 Å². The van der Waals surface area contributed by atoms with Crippen molar-refractivity contribution >= 4 is 11.9 Å². The zero-order chi connectivity index (χ0) is 23.6. The van der Waals surface area contributed by atoms with Crippen molar-refractivity contribution in [1.29, 1.82) is 0 Å². The molecule has 8 heteroatoms. The Morgan fingerprint density at radius 1 is 0.667 bits per heavy atom. The molecular formula is C22H46O8. The van der Waals surface area contributed by atoms with Gasteiger partial charge in [0.2, 0.25) is 0 Å². The highest BCUT2D eigenvalue weighted by Gasteiger charge is 2.01. The summed E-state index contributed by atoms with van der Waals surface area (Å²) in [6.07, 6.45) is 15.1. The second-order valence-electron chi connectivity index (χ2n) is 7.42. The predicted octanol–water partition coefficient (Wildman–Crippen LogP) is 3.34. The van der Waals surface area contributed by atoms with Crippen LogP contribution in [0.1, 0.15) is 104 Å². The number of hydrogen-bond donors (Lipinski definition) is 6. The molecule has 1 atom stereocenters. The van der Waals surface area contributed by atoms with Crippen molar-refractivity contribution in [1.82, 2.24) is 0 Å². The number of carboxylic acid groups (broad SMARTS) is 2. The van der Waals surface area contributed by atoms with Gasteiger partial charge < -0.3 is 30.6 Å². The molecule has 0 aromatic heterocycles. The van der Waals surface area contributed by atoms with Crippen LogP contribution < -0.4 is 0 Å². The lowest BCUT2D eigenvalue weighted by molar-refractivity contribution is -0.145. The van der Waals surface area contributed by atoms with Gasteiger partial charge in [0, 0.05) is 6.42 Å². The van der Waals surface area contributed by atoms with Crippen LogP contribution in [0.25, 0.3) is 0 Å². The lowest BCUT2D eigenvalue weighted by Crippen LogP contribution is -2.15. The molecule has 0 aromatic carbocycles. The van der Waals surface area contributed by atoms with Crippen molar-refractivity contribution in [2.75, 3.05) is 13.2 Å². The Balaban J connectivity index is -0.000000495. The van der Waals surface area contributed by atoms with Crippen molar-refractivity contribution in [2.45, 2.75) is 116 Å². The van der Waals surface area contributed by atoms with E-state index in [9.17, 15) is 9.59 Å². The molecule has 0 spiro atoms. The molecule has 182 valence electrons. The molecular weight excluding hydrogens is 392 g/mol. The fraction of sp³-hybridized carbons (Fsp3) is 0.909. The van der Waals surface area contributed by atoms with Crippen molar-refractivity contribution in [3.05, 3.63) is 0 Å². The van der Waals surface area contributed by atoms with Gasteiger partial charge >= 0.3 is 11.9 Å². The Hall–Kier alpha value is -1.22. The Bertz CT molecular complexity index is 357. The van der Waals surface area contributed by atoms with Crippen LogP contribution in [0.15, 0.2) is 0 Å². The van der Waals surface area contributed by atoms with Crippen LogP contribution in [-0.4, -0.2) is 68.0 Å². The Kier molecular flexibility index (Phi) is 30.9. The second-order valence-corrected chi connectivity index (χ2v) is 7.42. The minimum Gasteiger partial charge on any atom is -0.481 e. The molecule has 0 aliphatic heterocycles. The van der Waals surface area contributed by atoms with E-state index in [2.05, 4.69) is 6.92 Å². The molecule has 0 saturated heterocycles. The predicted molar refractivity (Wildman–Crippen MR) is 117 cm³/mol. The summed E-state index contributed by atoms with van der Waals surface area (Å²) in [6, 6.07) is 0. The summed E-state index contributed by atoms with van der Waals surface area (Å²) in [5, 5.41) is 48.3. The number of hydrogen-bond acceptors (Lipinski definition) is 6. The van der Waals surface area contributed by atoms with Gasteiger partial charge in [0.25, 0.3) is 0 Å². The van der Waals surface area contributed by atoms with Gasteiger partial charge in [-0.25, -0.2) is 4.79 Å². The topological polar surface area (TPSA) is 156 Å². The van der Waals surface area contributed by atoms with E-state index >= 15 is 0 Å². The molecule has 0 fully saturated rings. The number of unbranched alkanes of at least 4 members (excludes halogenated alkanes) is 12. The molecule has 6 N–H and O–H groups in total. The quantitative estimate of drug-likeness (QED) is 0.189. The first-order chi connectivity index (χ1) is 14.2. The van der Waals surface area contributed by atoms with E-state index in [0.717, 1.165) is 12.8 Å². The van der Waals surface area contributed by atoms with E-state index in [1.807, 2.05) is 0 Å². The number of carboxylic acids is 2. The first kappa shape index (κ1) is 33.4. The summed E-state index contributed by atoms with van der Waals surface area (Å²) in [4.78, 5) is 19.7. The SMILES string of the molecule is CC(O)C(=O)O.CCCCCCCCCCCCCCCC(=O)O.OCC(O)CO. The van der Waals surface area contributed by atoms with E-state index < -0.39 is 24.1 Å². The third-order valence-corrected chi connectivity index (χ3v) is 4.27. The fourth-order valence-electron chi connectivity index (χ4n) is 2.35. The van der Waals surface area contributed by atoms with Crippen LogP contribution in [-0.2, 0) is 9.59 Å². The van der Waals surface area contributed by atoms with E-state index in [4.69, 9.17) is 30.6 Å². The molecule has 0 saturated carbocycles. The normalized spacial score (nSPS) is 11.2. The van der Waals surface area contributed by atoms with Gasteiger partial charge in [-0.15, -0.1) is 0 Å². The molecule has 0 aliphatic carbocycles. The second kappa shape index (κ2) is 27.8. The van der Waals surface area contributed by atoms with Gasteiger partial charge in [-0.3, -0.25) is 4.79 Å². The van der Waals surface area contributed by atoms with Crippen LogP contribution in [0, 0.1) is 0 Å². The minimum absolute atomic E-state index is 0.345. The first-order valence-electron chi connectivity index (χ1n) is 11.2. The van der Waals surface area contributed by atoms with Crippen LogP contribution in [0.4, 0.5) is 0 Å². The van der Waals surface area contributed by atoms with Crippen molar-refractivity contribution in [2.24, 2.45) is 0 Å². The van der Waals surface area contributed by atoms with E-state index in [1.165, 1.54) is 77.6 Å². The Labute approximate surface area is 182 Å². The minimum atomic E-state index is -1.23. The molecule has 0 rings (SSSR count). The lowest BCUT2D eigenvalue weighted by atomic mass is 10.0. The maximum absolute atomic E-state index is 10.3. The Morgan fingerprint density at radius 3 is 1.17 bits per heavy atom. The first-order valence-corrected chi connectivity index (χ1v) is 11.2. The summed E-state index contributed by atoms with van der Waals surface area (Å²) in [5.41, 5.74) is 0. The van der Waals surface area contributed by atoms with Gasteiger partial charge in [-0.05, 0) is 13.3 Å². The lowest BCUT2D eigenvalue weighted by Gasteiger charge is -2.02. The summed E-state index contributed by atoms with van der Waals surface area (Å²) in [7, 11) is 0. The maximum Gasteiger partial charge on any atom is 0.332 e. The third-order valence-electron chi connectivity index (χ3n) is 4.27. The molecule has 0 bridgehead atoms. The molecule has 8 nitrogen and oxygen atoms in total. The smallest absolute Gasteiger partial charge is 0.332 e. The van der Waals surface area contributed by atoms with E-state index in [0.29, 0.717) is 6.42 Å². The average molecular weight is 439 g/mol. The summed E-state index contributed by atoms with van der Waals surface area (Å²) >= 11 is 0. The van der Waals surface area contributed by atoms with Crippen LogP contribution in [0.5, 0.6) is 0 Å². The summed E-state index contributed by atoms with van der Waals surface area (Å²) in [5.74, 6) is -1.84. The fourth-order valence-corrected chi connectivity index (χ4v) is 2.35. The Morgan fingerprint density at radius 2 is 0.967 bits per heavy atom. The monoisotopic (exact) mass is 438 g/mol. The highest BCUT2D eigenvalue weighted by Crippen LogP contribution is 2.12. The molecule has 0 heterocycles. The van der Waals surface area contributed by atoms with Crippen molar-refractivity contribution in [3.8, 4) is 0 Å². The zero-order valence-electron chi connectivity index (χ0n) is 19.0. The molecule has 30 heavy (non-hydrogen) atoms. The number of aliphatic hydroxyl groups excluding tert-OH is 4. The molecule has 0 aromatic rings. The average Bonchev–Trinajstić information content (AvgIpc) is 2.71. The number of rotatable bonds is 17. The largest absolute Gasteiger partial charge is 0.481 e. The van der Waals surface area contributed by atoms with E-state index in [-0.39, 0.29) is 13.2 Å². The highest BCUT2D eigenvalue weighted by atomic mass is 16.4. The van der Waals surface area contributed by atoms with E-state index in [1.54, 1.807) is 0 Å². The van der Waals surface area contributed by atoms with Crippen LogP contribution in [0.3, 0.4) is 0 Å². The van der Waals surface area contributed by atoms with Gasteiger partial charge in [0.1, 0.15) is 12.2 Å². The van der Waals surface area contributed by atoms with Gasteiger partial charge in [-0.2, -0.15) is 0 Å². The standard InChI is InChI=1S/C16H32O2.C3H8O3.C3H6O3/c1-2-3-4-5-6-7-8-9-10-11-12-13-14-15-16(17)18;4-1-3(6)2-5;1-2(4)3(5)6/h2-15H2,1H3,(H,17,18);3-6H,1-2H2;2,4H,1H3,(H,5,6). The summed E-state index contributed by atoms with van der Waals surface area (Å²) < 4.78 is 0.